The average molecular weight is 701 g/mol. The lowest BCUT2D eigenvalue weighted by Crippen LogP contribution is -2.12. The van der Waals surface area contributed by atoms with Crippen LogP contribution < -0.4 is 18.9 Å². The Morgan fingerprint density at radius 3 is 1.45 bits per heavy atom. The lowest BCUT2D eigenvalue weighted by Gasteiger charge is -2.12. The fraction of sp³-hybridized carbons (Fsp3) is 0.366. The third-order valence-corrected chi connectivity index (χ3v) is 7.76. The number of rotatable bonds is 22. The van der Waals surface area contributed by atoms with Gasteiger partial charge in [0.05, 0.1) is 36.5 Å². The predicted molar refractivity (Wildman–Crippen MR) is 193 cm³/mol. The second kappa shape index (κ2) is 21.7. The molecule has 0 spiro atoms. The number of carbonyl (C=O) groups is 4. The van der Waals surface area contributed by atoms with Crippen LogP contribution >= 0.6 is 0 Å². The molecule has 3 rings (SSSR count). The van der Waals surface area contributed by atoms with Gasteiger partial charge in [-0.05, 0) is 144 Å². The van der Waals surface area contributed by atoms with E-state index in [1.807, 2.05) is 13.8 Å². The first kappa shape index (κ1) is 40.1. The van der Waals surface area contributed by atoms with Gasteiger partial charge in [-0.25, -0.2) is 19.2 Å². The standard InChI is InChI=1S/C41H48O10/c1-6-38(42)48-30(4)14-10-8-12-26-46-34-20-16-32(17-21-34)40(44)50-36-24-25-37(29(3)28-36)51-41(45)33-18-22-35(23-19-33)47-27-13-9-11-15-31(5)49-39(43)7-2/h6-7,16-25,28,30-31H,1-2,8-15,26-27H2,3-5H3. The molecule has 2 atom stereocenters. The molecular weight excluding hydrogens is 652 g/mol. The Bertz CT molecular complexity index is 1590. The number of hydrogen-bond acceptors (Lipinski definition) is 10. The number of benzene rings is 3. The van der Waals surface area contributed by atoms with Gasteiger partial charge in [0.15, 0.2) is 0 Å². The van der Waals surface area contributed by atoms with Crippen molar-refractivity contribution in [1.82, 2.24) is 0 Å². The number of aryl methyl sites for hydroxylation is 1. The first-order valence-corrected chi connectivity index (χ1v) is 17.2. The monoisotopic (exact) mass is 700 g/mol. The summed E-state index contributed by atoms with van der Waals surface area (Å²) in [5, 5.41) is 0. The number of esters is 4. The van der Waals surface area contributed by atoms with Gasteiger partial charge in [0, 0.05) is 12.2 Å². The molecule has 3 aromatic rings. The molecule has 51 heavy (non-hydrogen) atoms. The highest BCUT2D eigenvalue weighted by molar-refractivity contribution is 5.92. The summed E-state index contributed by atoms with van der Waals surface area (Å²) >= 11 is 0. The van der Waals surface area contributed by atoms with Crippen molar-refractivity contribution in [3.05, 3.63) is 109 Å². The van der Waals surface area contributed by atoms with Crippen molar-refractivity contribution >= 4 is 23.9 Å². The van der Waals surface area contributed by atoms with Crippen LogP contribution in [-0.4, -0.2) is 49.3 Å². The molecule has 10 nitrogen and oxygen atoms in total. The van der Waals surface area contributed by atoms with Crippen molar-refractivity contribution < 1.29 is 47.6 Å². The Hall–Kier alpha value is -5.38. The van der Waals surface area contributed by atoms with E-state index >= 15 is 0 Å². The molecule has 0 aliphatic rings. The summed E-state index contributed by atoms with van der Waals surface area (Å²) in [4.78, 5) is 48.0. The molecule has 0 heterocycles. The van der Waals surface area contributed by atoms with E-state index in [1.165, 1.54) is 0 Å². The van der Waals surface area contributed by atoms with E-state index in [2.05, 4.69) is 13.2 Å². The van der Waals surface area contributed by atoms with Gasteiger partial charge >= 0.3 is 23.9 Å². The Morgan fingerprint density at radius 1 is 0.588 bits per heavy atom. The summed E-state index contributed by atoms with van der Waals surface area (Å²) in [7, 11) is 0. The van der Waals surface area contributed by atoms with E-state index < -0.39 is 23.9 Å². The van der Waals surface area contributed by atoms with Crippen LogP contribution in [0.2, 0.25) is 0 Å². The quantitative estimate of drug-likeness (QED) is 0.0436. The summed E-state index contributed by atoms with van der Waals surface area (Å²) in [6.45, 7) is 13.3. The van der Waals surface area contributed by atoms with Gasteiger partial charge in [0.2, 0.25) is 0 Å². The van der Waals surface area contributed by atoms with E-state index in [-0.39, 0.29) is 12.2 Å². The third kappa shape index (κ3) is 15.0. The number of carbonyl (C=O) groups excluding carboxylic acids is 4. The summed E-state index contributed by atoms with van der Waals surface area (Å²) in [6, 6.07) is 18.2. The van der Waals surface area contributed by atoms with E-state index in [4.69, 9.17) is 28.4 Å². The lowest BCUT2D eigenvalue weighted by molar-refractivity contribution is -0.143. The van der Waals surface area contributed by atoms with Crippen molar-refractivity contribution in [2.24, 2.45) is 0 Å². The van der Waals surface area contributed by atoms with E-state index in [0.29, 0.717) is 52.9 Å². The molecule has 272 valence electrons. The zero-order chi connectivity index (χ0) is 37.0. The molecule has 2 unspecified atom stereocenters. The van der Waals surface area contributed by atoms with Crippen LogP contribution in [0, 0.1) is 6.92 Å². The van der Waals surface area contributed by atoms with Crippen LogP contribution in [0.4, 0.5) is 0 Å². The minimum Gasteiger partial charge on any atom is -0.494 e. The molecule has 0 aromatic heterocycles. The Kier molecular flexibility index (Phi) is 17.0. The van der Waals surface area contributed by atoms with Gasteiger partial charge in [0.25, 0.3) is 0 Å². The molecule has 0 saturated carbocycles. The van der Waals surface area contributed by atoms with Gasteiger partial charge in [-0.2, -0.15) is 0 Å². The molecule has 0 bridgehead atoms. The fourth-order valence-electron chi connectivity index (χ4n) is 4.91. The van der Waals surface area contributed by atoms with Crippen molar-refractivity contribution in [2.45, 2.75) is 84.3 Å². The molecule has 0 radical (unpaired) electrons. The van der Waals surface area contributed by atoms with Crippen LogP contribution in [0.25, 0.3) is 0 Å². The molecule has 0 amide bonds. The van der Waals surface area contributed by atoms with Crippen LogP contribution in [0.3, 0.4) is 0 Å². The van der Waals surface area contributed by atoms with Crippen molar-refractivity contribution in [3.8, 4) is 23.0 Å². The van der Waals surface area contributed by atoms with Gasteiger partial charge in [-0.1, -0.05) is 13.2 Å². The minimum absolute atomic E-state index is 0.147. The molecule has 0 N–H and O–H groups in total. The molecule has 3 aromatic carbocycles. The summed E-state index contributed by atoms with van der Waals surface area (Å²) < 4.78 is 33.0. The summed E-state index contributed by atoms with van der Waals surface area (Å²) in [5.74, 6) is 0.0899. The van der Waals surface area contributed by atoms with E-state index in [1.54, 1.807) is 73.7 Å². The Labute approximate surface area is 300 Å². The first-order chi connectivity index (χ1) is 24.6. The highest BCUT2D eigenvalue weighted by Gasteiger charge is 2.14. The summed E-state index contributed by atoms with van der Waals surface area (Å²) in [6.07, 6.45) is 8.97. The second-order valence-electron chi connectivity index (χ2n) is 12.1. The molecular formula is C41H48O10. The average Bonchev–Trinajstić information content (AvgIpc) is 3.12. The first-order valence-electron chi connectivity index (χ1n) is 17.2. The van der Waals surface area contributed by atoms with E-state index in [9.17, 15) is 19.2 Å². The highest BCUT2D eigenvalue weighted by Crippen LogP contribution is 2.26. The van der Waals surface area contributed by atoms with Crippen molar-refractivity contribution in [2.75, 3.05) is 13.2 Å². The lowest BCUT2D eigenvalue weighted by atomic mass is 10.1. The maximum absolute atomic E-state index is 12.8. The fourth-order valence-corrected chi connectivity index (χ4v) is 4.91. The molecule has 0 fully saturated rings. The van der Waals surface area contributed by atoms with Gasteiger partial charge in [-0.15, -0.1) is 0 Å². The van der Waals surface area contributed by atoms with E-state index in [0.717, 1.165) is 63.5 Å². The minimum atomic E-state index is -0.527. The SMILES string of the molecule is C=CC(=O)OC(C)CCCCCOc1ccc(C(=O)Oc2ccc(OC(=O)c3ccc(OCCCCCC(C)OC(=O)C=C)cc3)c(C)c2)cc1. The second-order valence-corrected chi connectivity index (χ2v) is 12.1. The topological polar surface area (TPSA) is 124 Å². The zero-order valence-corrected chi connectivity index (χ0v) is 29.7. The zero-order valence-electron chi connectivity index (χ0n) is 29.7. The van der Waals surface area contributed by atoms with Gasteiger partial charge in [-0.3, -0.25) is 0 Å². The Balaban J connectivity index is 1.36. The summed E-state index contributed by atoms with van der Waals surface area (Å²) in [5.41, 5.74) is 1.35. The number of hydrogen-bond donors (Lipinski definition) is 0. The number of ether oxygens (including phenoxy) is 6. The number of unbranched alkanes of at least 4 members (excludes halogenated alkanes) is 4. The highest BCUT2D eigenvalue weighted by atomic mass is 16.6. The molecule has 0 saturated heterocycles. The Morgan fingerprint density at radius 2 is 1.02 bits per heavy atom. The molecule has 10 heteroatoms. The maximum Gasteiger partial charge on any atom is 0.343 e. The van der Waals surface area contributed by atoms with Crippen molar-refractivity contribution in [3.63, 3.8) is 0 Å². The van der Waals surface area contributed by atoms with Gasteiger partial charge < -0.3 is 28.4 Å². The molecule has 0 aliphatic carbocycles. The maximum atomic E-state index is 12.8. The predicted octanol–water partition coefficient (Wildman–Crippen LogP) is 8.55. The largest absolute Gasteiger partial charge is 0.494 e. The van der Waals surface area contributed by atoms with Gasteiger partial charge in [0.1, 0.15) is 23.0 Å². The van der Waals surface area contributed by atoms with Crippen LogP contribution in [-0.2, 0) is 19.1 Å². The van der Waals surface area contributed by atoms with Crippen LogP contribution in [0.15, 0.2) is 92.0 Å². The van der Waals surface area contributed by atoms with Crippen LogP contribution in [0.1, 0.15) is 91.5 Å². The van der Waals surface area contributed by atoms with Crippen molar-refractivity contribution in [1.29, 1.82) is 0 Å². The van der Waals surface area contributed by atoms with Crippen LogP contribution in [0.5, 0.6) is 23.0 Å². The normalized spacial score (nSPS) is 11.7. The third-order valence-electron chi connectivity index (χ3n) is 7.76. The molecule has 0 aliphatic heterocycles. The smallest absolute Gasteiger partial charge is 0.343 e.